The zero-order chi connectivity index (χ0) is 14.7. The highest BCUT2D eigenvalue weighted by Gasteiger charge is 2.16. The molecule has 1 aliphatic rings. The molecule has 0 aromatic heterocycles. The third-order valence-electron chi connectivity index (χ3n) is 3.40. The fourth-order valence-electron chi connectivity index (χ4n) is 2.28. The van der Waals surface area contributed by atoms with Gasteiger partial charge in [0.2, 0.25) is 6.79 Å². The summed E-state index contributed by atoms with van der Waals surface area (Å²) in [5.41, 5.74) is 1.86. The van der Waals surface area contributed by atoms with E-state index in [1.54, 1.807) is 13.2 Å². The second-order valence-corrected chi connectivity index (χ2v) is 4.75. The highest BCUT2D eigenvalue weighted by atomic mass is 16.7. The first kappa shape index (κ1) is 13.6. The minimum absolute atomic E-state index is 0.222. The Kier molecular flexibility index (Phi) is 3.83. The zero-order valence-corrected chi connectivity index (χ0v) is 11.8. The van der Waals surface area contributed by atoms with E-state index in [1.165, 1.54) is 0 Å². The number of nitrogens with one attached hydrogen (secondary N) is 1. The molecule has 3 rings (SSSR count). The lowest BCUT2D eigenvalue weighted by molar-refractivity contribution is 0.173. The van der Waals surface area contributed by atoms with Crippen molar-refractivity contribution >= 4 is 0 Å². The van der Waals surface area contributed by atoms with Crippen molar-refractivity contribution < 1.29 is 19.3 Å². The van der Waals surface area contributed by atoms with Crippen LogP contribution in [0.15, 0.2) is 36.4 Å². The van der Waals surface area contributed by atoms with Crippen molar-refractivity contribution in [1.29, 1.82) is 0 Å². The van der Waals surface area contributed by atoms with E-state index in [4.69, 9.17) is 14.2 Å². The number of benzene rings is 2. The molecule has 0 fully saturated rings. The fraction of sp³-hybridized carbons (Fsp3) is 0.250. The molecule has 1 heterocycles. The Morgan fingerprint density at radius 3 is 2.81 bits per heavy atom. The Hall–Kier alpha value is -2.40. The first-order valence-corrected chi connectivity index (χ1v) is 6.72. The van der Waals surface area contributed by atoms with Gasteiger partial charge in [0.05, 0.1) is 7.11 Å². The van der Waals surface area contributed by atoms with Crippen molar-refractivity contribution in [3.8, 4) is 23.0 Å². The molecule has 2 aromatic carbocycles. The van der Waals surface area contributed by atoms with E-state index in [2.05, 4.69) is 5.32 Å². The summed E-state index contributed by atoms with van der Waals surface area (Å²) < 4.78 is 15.9. The van der Waals surface area contributed by atoms with Gasteiger partial charge in [-0.2, -0.15) is 0 Å². The molecule has 0 aliphatic carbocycles. The summed E-state index contributed by atoms with van der Waals surface area (Å²) in [4.78, 5) is 0. The van der Waals surface area contributed by atoms with Crippen molar-refractivity contribution in [2.75, 3.05) is 13.9 Å². The molecule has 0 bridgehead atoms. The summed E-state index contributed by atoms with van der Waals surface area (Å²) in [5, 5.41) is 13.2. The Labute approximate surface area is 123 Å². The molecule has 0 saturated carbocycles. The summed E-state index contributed by atoms with van der Waals surface area (Å²) in [6.45, 7) is 1.46. The van der Waals surface area contributed by atoms with E-state index in [-0.39, 0.29) is 12.5 Å². The van der Waals surface area contributed by atoms with Crippen molar-refractivity contribution in [2.24, 2.45) is 0 Å². The lowest BCUT2D eigenvalue weighted by Crippen LogP contribution is -2.13. The van der Waals surface area contributed by atoms with Gasteiger partial charge in [-0.15, -0.1) is 0 Å². The SMILES string of the molecule is COc1ccc(CNCc2cccc3c2OCO3)c(O)c1. The molecule has 2 aromatic rings. The predicted molar refractivity (Wildman–Crippen MR) is 77.8 cm³/mol. The number of aromatic hydroxyl groups is 1. The third-order valence-corrected chi connectivity index (χ3v) is 3.40. The molecule has 0 spiro atoms. The van der Waals surface area contributed by atoms with Gasteiger partial charge in [0.25, 0.3) is 0 Å². The molecule has 1 aliphatic heterocycles. The van der Waals surface area contributed by atoms with Gasteiger partial charge in [0, 0.05) is 30.3 Å². The largest absolute Gasteiger partial charge is 0.507 e. The molecule has 0 unspecified atom stereocenters. The summed E-state index contributed by atoms with van der Waals surface area (Å²) in [7, 11) is 1.57. The van der Waals surface area contributed by atoms with Crippen LogP contribution in [-0.4, -0.2) is 19.0 Å². The van der Waals surface area contributed by atoms with Crippen LogP contribution in [0.5, 0.6) is 23.0 Å². The lowest BCUT2D eigenvalue weighted by Gasteiger charge is -2.10. The molecule has 0 amide bonds. The van der Waals surface area contributed by atoms with Crippen LogP contribution >= 0.6 is 0 Å². The number of phenolic OH excluding ortho intramolecular Hbond substituents is 1. The van der Waals surface area contributed by atoms with Crippen LogP contribution in [0.1, 0.15) is 11.1 Å². The monoisotopic (exact) mass is 287 g/mol. The van der Waals surface area contributed by atoms with Gasteiger partial charge in [-0.25, -0.2) is 0 Å². The topological polar surface area (TPSA) is 60.0 Å². The van der Waals surface area contributed by atoms with Gasteiger partial charge in [-0.05, 0) is 12.1 Å². The Bertz CT molecular complexity index is 642. The summed E-state index contributed by atoms with van der Waals surface area (Å²) >= 11 is 0. The molecule has 21 heavy (non-hydrogen) atoms. The van der Waals surface area contributed by atoms with Crippen molar-refractivity contribution in [1.82, 2.24) is 5.32 Å². The van der Waals surface area contributed by atoms with E-state index in [1.807, 2.05) is 30.3 Å². The van der Waals surface area contributed by atoms with E-state index in [0.717, 1.165) is 22.6 Å². The summed E-state index contributed by atoms with van der Waals surface area (Å²) in [6, 6.07) is 11.1. The summed E-state index contributed by atoms with van der Waals surface area (Å²) in [5.74, 6) is 2.44. The van der Waals surface area contributed by atoms with E-state index < -0.39 is 0 Å². The zero-order valence-electron chi connectivity index (χ0n) is 11.8. The lowest BCUT2D eigenvalue weighted by atomic mass is 10.1. The molecule has 0 saturated heterocycles. The van der Waals surface area contributed by atoms with Gasteiger partial charge < -0.3 is 24.6 Å². The van der Waals surface area contributed by atoms with E-state index >= 15 is 0 Å². The maximum absolute atomic E-state index is 9.91. The van der Waals surface area contributed by atoms with Gasteiger partial charge in [-0.1, -0.05) is 18.2 Å². The average Bonchev–Trinajstić information content (AvgIpc) is 2.98. The summed E-state index contributed by atoms with van der Waals surface area (Å²) in [6.07, 6.45) is 0. The quantitative estimate of drug-likeness (QED) is 0.884. The van der Waals surface area contributed by atoms with Gasteiger partial charge >= 0.3 is 0 Å². The second-order valence-electron chi connectivity index (χ2n) is 4.75. The van der Waals surface area contributed by atoms with Crippen LogP contribution in [0.3, 0.4) is 0 Å². The van der Waals surface area contributed by atoms with Crippen LogP contribution < -0.4 is 19.5 Å². The molecule has 0 atom stereocenters. The Morgan fingerprint density at radius 2 is 2.00 bits per heavy atom. The van der Waals surface area contributed by atoms with Crippen molar-refractivity contribution in [3.05, 3.63) is 47.5 Å². The highest BCUT2D eigenvalue weighted by molar-refractivity contribution is 5.48. The molecule has 110 valence electrons. The van der Waals surface area contributed by atoms with Gasteiger partial charge in [0.15, 0.2) is 11.5 Å². The van der Waals surface area contributed by atoms with Crippen LogP contribution in [0.25, 0.3) is 0 Å². The average molecular weight is 287 g/mol. The van der Waals surface area contributed by atoms with Crippen LogP contribution in [0, 0.1) is 0 Å². The molecule has 5 nitrogen and oxygen atoms in total. The molecular weight excluding hydrogens is 270 g/mol. The predicted octanol–water partition coefficient (Wildman–Crippen LogP) is 2.42. The standard InChI is InChI=1S/C16H17NO4/c1-19-13-6-5-11(14(18)7-13)8-17-9-12-3-2-4-15-16(12)21-10-20-15/h2-7,17-18H,8-10H2,1H3. The maximum Gasteiger partial charge on any atom is 0.231 e. The van der Waals surface area contributed by atoms with Crippen LogP contribution in [0.4, 0.5) is 0 Å². The van der Waals surface area contributed by atoms with Crippen LogP contribution in [-0.2, 0) is 13.1 Å². The molecule has 0 radical (unpaired) electrons. The number of hydrogen-bond acceptors (Lipinski definition) is 5. The number of phenols is 1. The Balaban J connectivity index is 1.63. The normalized spacial score (nSPS) is 12.4. The molecule has 2 N–H and O–H groups in total. The number of fused-ring (bicyclic) bond motifs is 1. The van der Waals surface area contributed by atoms with Gasteiger partial charge in [0.1, 0.15) is 11.5 Å². The number of rotatable bonds is 5. The first-order valence-electron chi connectivity index (χ1n) is 6.72. The van der Waals surface area contributed by atoms with Crippen LogP contribution in [0.2, 0.25) is 0 Å². The minimum atomic E-state index is 0.222. The Morgan fingerprint density at radius 1 is 1.14 bits per heavy atom. The maximum atomic E-state index is 9.91. The molecular formula is C16H17NO4. The van der Waals surface area contributed by atoms with E-state index in [0.29, 0.717) is 18.8 Å². The highest BCUT2D eigenvalue weighted by Crippen LogP contribution is 2.35. The number of ether oxygens (including phenoxy) is 3. The second kappa shape index (κ2) is 5.93. The molecule has 5 heteroatoms. The van der Waals surface area contributed by atoms with Crippen molar-refractivity contribution in [2.45, 2.75) is 13.1 Å². The number of para-hydroxylation sites is 1. The number of methoxy groups -OCH3 is 1. The fourth-order valence-corrected chi connectivity index (χ4v) is 2.28. The minimum Gasteiger partial charge on any atom is -0.507 e. The third kappa shape index (κ3) is 2.87. The smallest absolute Gasteiger partial charge is 0.231 e. The van der Waals surface area contributed by atoms with E-state index in [9.17, 15) is 5.11 Å². The van der Waals surface area contributed by atoms with Gasteiger partial charge in [-0.3, -0.25) is 0 Å². The number of hydrogen-bond donors (Lipinski definition) is 2. The first-order chi connectivity index (χ1) is 10.3. The van der Waals surface area contributed by atoms with Crippen molar-refractivity contribution in [3.63, 3.8) is 0 Å².